The van der Waals surface area contributed by atoms with Gasteiger partial charge in [0.1, 0.15) is 12.4 Å². The lowest BCUT2D eigenvalue weighted by Crippen LogP contribution is -2.17. The van der Waals surface area contributed by atoms with Gasteiger partial charge in [0.2, 0.25) is 0 Å². The van der Waals surface area contributed by atoms with Crippen LogP contribution in [0.3, 0.4) is 0 Å². The summed E-state index contributed by atoms with van der Waals surface area (Å²) < 4.78 is 6.83. The molecule has 0 aliphatic carbocycles. The van der Waals surface area contributed by atoms with Gasteiger partial charge in [-0.15, -0.1) is 11.3 Å². The number of hydrogen-bond acceptors (Lipinski definition) is 6. The van der Waals surface area contributed by atoms with Crippen LogP contribution in [0, 0.1) is 0 Å². The third kappa shape index (κ3) is 7.32. The van der Waals surface area contributed by atoms with Crippen molar-refractivity contribution in [1.82, 2.24) is 10.4 Å². The second-order valence-corrected chi connectivity index (χ2v) is 10.6. The minimum absolute atomic E-state index is 0.317. The smallest absolute Gasteiger partial charge is 0.271 e. The number of carbonyl (C=O) groups excluding carboxylic acids is 1. The van der Waals surface area contributed by atoms with Crippen LogP contribution >= 0.6 is 38.9 Å². The van der Waals surface area contributed by atoms with Crippen LogP contribution in [0.2, 0.25) is 5.02 Å². The zero-order chi connectivity index (χ0) is 27.0. The average molecular weight is 618 g/mol. The number of benzene rings is 4. The number of anilines is 2. The van der Waals surface area contributed by atoms with Gasteiger partial charge in [-0.3, -0.25) is 4.79 Å². The zero-order valence-corrected chi connectivity index (χ0v) is 23.6. The number of aromatic nitrogens is 1. The molecule has 39 heavy (non-hydrogen) atoms. The highest BCUT2D eigenvalue weighted by Crippen LogP contribution is 2.28. The van der Waals surface area contributed by atoms with E-state index < -0.39 is 0 Å². The van der Waals surface area contributed by atoms with Crippen LogP contribution in [0.5, 0.6) is 5.75 Å². The van der Waals surface area contributed by atoms with Crippen molar-refractivity contribution in [3.8, 4) is 17.0 Å². The number of amides is 1. The van der Waals surface area contributed by atoms with Crippen LogP contribution < -0.4 is 15.5 Å². The van der Waals surface area contributed by atoms with Crippen molar-refractivity contribution in [3.63, 3.8) is 0 Å². The lowest BCUT2D eigenvalue weighted by Gasteiger charge is -2.09. The van der Waals surface area contributed by atoms with E-state index in [1.165, 1.54) is 17.6 Å². The molecule has 0 radical (unpaired) electrons. The van der Waals surface area contributed by atoms with Crippen molar-refractivity contribution in [1.29, 1.82) is 0 Å². The number of para-hydroxylation sites is 1. The molecule has 1 aromatic heterocycles. The van der Waals surface area contributed by atoms with E-state index in [0.717, 1.165) is 37.7 Å². The molecule has 194 valence electrons. The highest BCUT2D eigenvalue weighted by Gasteiger charge is 2.09. The summed E-state index contributed by atoms with van der Waals surface area (Å²) in [5.41, 5.74) is 7.55. The zero-order valence-electron chi connectivity index (χ0n) is 20.5. The first-order chi connectivity index (χ1) is 19.0. The summed E-state index contributed by atoms with van der Waals surface area (Å²) in [5.74, 6) is 0.256. The molecule has 2 N–H and O–H groups in total. The molecule has 0 saturated heterocycles. The third-order valence-corrected chi connectivity index (χ3v) is 7.20. The van der Waals surface area contributed by atoms with E-state index in [1.807, 2.05) is 78.2 Å². The van der Waals surface area contributed by atoms with E-state index in [2.05, 4.69) is 36.8 Å². The van der Waals surface area contributed by atoms with Gasteiger partial charge in [0.05, 0.1) is 16.9 Å². The third-order valence-electron chi connectivity index (χ3n) is 5.62. The topological polar surface area (TPSA) is 75.6 Å². The van der Waals surface area contributed by atoms with Gasteiger partial charge in [-0.25, -0.2) is 10.4 Å². The summed E-state index contributed by atoms with van der Waals surface area (Å²) >= 11 is 11.3. The number of hydrazone groups is 1. The van der Waals surface area contributed by atoms with Gasteiger partial charge in [0.25, 0.3) is 5.91 Å². The maximum absolute atomic E-state index is 12.6. The van der Waals surface area contributed by atoms with Gasteiger partial charge in [0.15, 0.2) is 5.13 Å². The van der Waals surface area contributed by atoms with Gasteiger partial charge in [-0.2, -0.15) is 5.10 Å². The number of nitrogens with one attached hydrogen (secondary N) is 2. The van der Waals surface area contributed by atoms with Crippen molar-refractivity contribution < 1.29 is 9.53 Å². The molecule has 6 nitrogen and oxygen atoms in total. The van der Waals surface area contributed by atoms with Crippen molar-refractivity contribution in [3.05, 3.63) is 129 Å². The summed E-state index contributed by atoms with van der Waals surface area (Å²) in [6, 6.07) is 30.3. The fourth-order valence-corrected chi connectivity index (χ4v) is 4.83. The Balaban J connectivity index is 1.14. The van der Waals surface area contributed by atoms with Gasteiger partial charge in [-0.1, -0.05) is 70.0 Å². The Kier molecular flexibility index (Phi) is 8.68. The predicted octanol–water partition coefficient (Wildman–Crippen LogP) is 8.31. The van der Waals surface area contributed by atoms with Crippen LogP contribution in [0.4, 0.5) is 10.8 Å². The largest absolute Gasteiger partial charge is 0.487 e. The fourth-order valence-electron chi connectivity index (χ4n) is 3.59. The van der Waals surface area contributed by atoms with E-state index in [1.54, 1.807) is 24.3 Å². The SMILES string of the molecule is O=C(N/N=C\c1ccc(OCc2ccc(Br)cc2)c(Cl)c1)c1ccc(-c2csc(Nc3ccccc3)n2)cc1. The second-order valence-electron chi connectivity index (χ2n) is 8.41. The molecule has 0 fully saturated rings. The van der Waals surface area contributed by atoms with Crippen molar-refractivity contribution in [2.45, 2.75) is 6.61 Å². The van der Waals surface area contributed by atoms with E-state index in [4.69, 9.17) is 16.3 Å². The summed E-state index contributed by atoms with van der Waals surface area (Å²) in [6.07, 6.45) is 1.53. The molecule has 4 aromatic carbocycles. The molecule has 0 aliphatic heterocycles. The molecule has 0 unspecified atom stereocenters. The molecule has 1 heterocycles. The Morgan fingerprint density at radius 2 is 1.77 bits per heavy atom. The Bertz CT molecular complexity index is 1590. The average Bonchev–Trinajstić information content (AvgIpc) is 3.42. The summed E-state index contributed by atoms with van der Waals surface area (Å²) in [7, 11) is 0. The number of thiazole rings is 1. The molecule has 1 amide bonds. The number of nitrogens with zero attached hydrogens (tertiary/aromatic N) is 2. The molecule has 0 saturated carbocycles. The molecular formula is C30H22BrClN4O2S. The van der Waals surface area contributed by atoms with E-state index in [-0.39, 0.29) is 5.91 Å². The maximum atomic E-state index is 12.6. The number of hydrogen-bond donors (Lipinski definition) is 2. The van der Waals surface area contributed by atoms with Crippen LogP contribution in [-0.4, -0.2) is 17.1 Å². The fraction of sp³-hybridized carbons (Fsp3) is 0.0333. The van der Waals surface area contributed by atoms with E-state index in [0.29, 0.717) is 22.9 Å². The van der Waals surface area contributed by atoms with Gasteiger partial charge >= 0.3 is 0 Å². The maximum Gasteiger partial charge on any atom is 0.271 e. The van der Waals surface area contributed by atoms with Crippen LogP contribution in [-0.2, 0) is 6.61 Å². The van der Waals surface area contributed by atoms with Crippen LogP contribution in [0.15, 0.2) is 112 Å². The molecule has 0 bridgehead atoms. The Labute approximate surface area is 243 Å². The van der Waals surface area contributed by atoms with E-state index >= 15 is 0 Å². The minimum Gasteiger partial charge on any atom is -0.487 e. The number of ether oxygens (including phenoxy) is 1. The Hall–Kier alpha value is -3.98. The van der Waals surface area contributed by atoms with Crippen LogP contribution in [0.1, 0.15) is 21.5 Å². The standard InChI is InChI=1S/C30H22BrClN4O2S/c31-24-13-6-20(7-14-24)18-38-28-15-8-21(16-26(28)32)17-33-36-29(37)23-11-9-22(10-12-23)27-19-39-30(35-27)34-25-4-2-1-3-5-25/h1-17,19H,18H2,(H,34,35)(H,36,37)/b33-17-. The summed E-state index contributed by atoms with van der Waals surface area (Å²) in [6.45, 7) is 0.406. The number of halogens is 2. The molecule has 0 spiro atoms. The first-order valence-corrected chi connectivity index (χ1v) is 14.0. The predicted molar refractivity (Wildman–Crippen MR) is 162 cm³/mol. The lowest BCUT2D eigenvalue weighted by atomic mass is 10.1. The van der Waals surface area contributed by atoms with Crippen molar-refractivity contribution in [2.24, 2.45) is 5.10 Å². The molecule has 0 aliphatic rings. The highest BCUT2D eigenvalue weighted by molar-refractivity contribution is 9.10. The van der Waals surface area contributed by atoms with Crippen molar-refractivity contribution >= 4 is 61.8 Å². The molecular weight excluding hydrogens is 596 g/mol. The number of carbonyl (C=O) groups is 1. The highest BCUT2D eigenvalue weighted by atomic mass is 79.9. The first-order valence-electron chi connectivity index (χ1n) is 11.9. The Morgan fingerprint density at radius 1 is 1.00 bits per heavy atom. The molecule has 5 aromatic rings. The number of rotatable bonds is 9. The van der Waals surface area contributed by atoms with Crippen LogP contribution in [0.25, 0.3) is 11.3 Å². The molecule has 5 rings (SSSR count). The summed E-state index contributed by atoms with van der Waals surface area (Å²) in [5, 5.41) is 10.6. The normalized spacial score (nSPS) is 10.9. The minimum atomic E-state index is -0.317. The quantitative estimate of drug-likeness (QED) is 0.129. The molecule has 9 heteroatoms. The Morgan fingerprint density at radius 3 is 2.51 bits per heavy atom. The summed E-state index contributed by atoms with van der Waals surface area (Å²) in [4.78, 5) is 17.2. The second kappa shape index (κ2) is 12.7. The van der Waals surface area contributed by atoms with Gasteiger partial charge in [-0.05, 0) is 65.7 Å². The van der Waals surface area contributed by atoms with Gasteiger partial charge < -0.3 is 10.1 Å². The lowest BCUT2D eigenvalue weighted by molar-refractivity contribution is 0.0955. The van der Waals surface area contributed by atoms with E-state index in [9.17, 15) is 4.79 Å². The monoisotopic (exact) mass is 616 g/mol. The first kappa shape index (κ1) is 26.6. The van der Waals surface area contributed by atoms with Crippen molar-refractivity contribution in [2.75, 3.05) is 5.32 Å². The molecule has 0 atom stereocenters. The van der Waals surface area contributed by atoms with Gasteiger partial charge in [0, 0.05) is 26.7 Å².